The Bertz CT molecular complexity index is 1020. The quantitative estimate of drug-likeness (QED) is 0.648. The summed E-state index contributed by atoms with van der Waals surface area (Å²) in [4.78, 5) is 18.7. The second-order valence-corrected chi connectivity index (χ2v) is 11.5. The van der Waals surface area contributed by atoms with Gasteiger partial charge >= 0.3 is 0 Å². The molecule has 0 N–H and O–H groups in total. The van der Waals surface area contributed by atoms with Crippen molar-refractivity contribution >= 4 is 44.6 Å². The summed E-state index contributed by atoms with van der Waals surface area (Å²) < 4.78 is 40.7. The molecule has 11 heteroatoms. The van der Waals surface area contributed by atoms with Crippen LogP contribution in [0.5, 0.6) is 0 Å². The molecule has 31 heavy (non-hydrogen) atoms. The van der Waals surface area contributed by atoms with E-state index in [2.05, 4.69) is 4.90 Å². The number of hydrogen-bond acceptors (Lipinski definition) is 6. The average Bonchev–Trinajstić information content (AvgIpc) is 3.22. The SMILES string of the molecule is O=C(CN1CCN(S(=O)(=O)c2ccc(Cl)s2)CC1)N1CCN(c2ccc(F)cc2)CC1. The Hall–Kier alpha value is -1.72. The first-order chi connectivity index (χ1) is 14.8. The van der Waals surface area contributed by atoms with E-state index in [4.69, 9.17) is 11.6 Å². The third-order valence-electron chi connectivity index (χ3n) is 5.66. The summed E-state index contributed by atoms with van der Waals surface area (Å²) in [7, 11) is -3.53. The van der Waals surface area contributed by atoms with E-state index in [1.807, 2.05) is 9.80 Å². The van der Waals surface area contributed by atoms with Crippen LogP contribution in [0, 0.1) is 5.82 Å². The van der Waals surface area contributed by atoms with Crippen molar-refractivity contribution in [1.29, 1.82) is 0 Å². The van der Waals surface area contributed by atoms with E-state index >= 15 is 0 Å². The molecule has 0 bridgehead atoms. The predicted molar refractivity (Wildman–Crippen MR) is 120 cm³/mol. The summed E-state index contributed by atoms with van der Waals surface area (Å²) in [5.74, 6) is -0.204. The van der Waals surface area contributed by atoms with Crippen LogP contribution in [0.25, 0.3) is 0 Å². The molecule has 2 aliphatic rings. The lowest BCUT2D eigenvalue weighted by Crippen LogP contribution is -2.54. The molecule has 0 radical (unpaired) electrons. The zero-order valence-corrected chi connectivity index (χ0v) is 19.3. The molecule has 168 valence electrons. The number of sulfonamides is 1. The van der Waals surface area contributed by atoms with Crippen LogP contribution in [-0.2, 0) is 14.8 Å². The average molecular weight is 487 g/mol. The molecule has 2 saturated heterocycles. The number of carbonyl (C=O) groups is 1. The molecule has 0 spiro atoms. The molecule has 4 rings (SSSR count). The molecule has 3 heterocycles. The van der Waals surface area contributed by atoms with Gasteiger partial charge in [0.2, 0.25) is 5.91 Å². The Morgan fingerprint density at radius 1 is 0.935 bits per heavy atom. The minimum atomic E-state index is -3.53. The van der Waals surface area contributed by atoms with E-state index in [1.54, 1.807) is 18.2 Å². The summed E-state index contributed by atoms with van der Waals surface area (Å²) in [5, 5.41) is 0. The van der Waals surface area contributed by atoms with E-state index < -0.39 is 10.0 Å². The molecule has 2 aromatic rings. The maximum absolute atomic E-state index is 13.1. The van der Waals surface area contributed by atoms with Gasteiger partial charge in [-0.15, -0.1) is 11.3 Å². The second kappa shape index (κ2) is 9.41. The predicted octanol–water partition coefficient (Wildman–Crippen LogP) is 2.20. The third-order valence-corrected chi connectivity index (χ3v) is 9.25. The first-order valence-electron chi connectivity index (χ1n) is 10.1. The van der Waals surface area contributed by atoms with Gasteiger partial charge in [0, 0.05) is 58.0 Å². The maximum Gasteiger partial charge on any atom is 0.252 e. The third kappa shape index (κ3) is 5.20. The number of anilines is 1. The first-order valence-corrected chi connectivity index (χ1v) is 12.7. The topological polar surface area (TPSA) is 64.2 Å². The van der Waals surface area contributed by atoms with Crippen LogP contribution in [0.3, 0.4) is 0 Å². The van der Waals surface area contributed by atoms with E-state index in [-0.39, 0.29) is 22.5 Å². The summed E-state index contributed by atoms with van der Waals surface area (Å²) in [6, 6.07) is 9.52. The first kappa shape index (κ1) is 22.5. The van der Waals surface area contributed by atoms with Gasteiger partial charge in [0.15, 0.2) is 0 Å². The highest BCUT2D eigenvalue weighted by atomic mass is 35.5. The van der Waals surface area contributed by atoms with Crippen molar-refractivity contribution in [3.05, 3.63) is 46.6 Å². The molecule has 7 nitrogen and oxygen atoms in total. The van der Waals surface area contributed by atoms with Crippen LogP contribution in [0.15, 0.2) is 40.6 Å². The zero-order chi connectivity index (χ0) is 22.0. The zero-order valence-electron chi connectivity index (χ0n) is 16.9. The monoisotopic (exact) mass is 486 g/mol. The highest BCUT2D eigenvalue weighted by Crippen LogP contribution is 2.28. The summed E-state index contributed by atoms with van der Waals surface area (Å²) in [5.41, 5.74) is 0.956. The van der Waals surface area contributed by atoms with Crippen molar-refractivity contribution in [2.75, 3.05) is 63.8 Å². The molecule has 1 aromatic carbocycles. The molecule has 0 aliphatic carbocycles. The fraction of sp³-hybridized carbons (Fsp3) is 0.450. The number of nitrogens with zero attached hydrogens (tertiary/aromatic N) is 4. The number of amides is 1. The highest BCUT2D eigenvalue weighted by molar-refractivity contribution is 7.91. The van der Waals surface area contributed by atoms with Crippen LogP contribution in [-0.4, -0.2) is 87.3 Å². The van der Waals surface area contributed by atoms with Crippen molar-refractivity contribution < 1.29 is 17.6 Å². The summed E-state index contributed by atoms with van der Waals surface area (Å²) >= 11 is 6.93. The van der Waals surface area contributed by atoms with Crippen LogP contribution < -0.4 is 4.90 Å². The van der Waals surface area contributed by atoms with Gasteiger partial charge in [-0.1, -0.05) is 11.6 Å². The molecular weight excluding hydrogens is 463 g/mol. The number of hydrogen-bond donors (Lipinski definition) is 0. The lowest BCUT2D eigenvalue weighted by atomic mass is 10.2. The molecule has 1 aromatic heterocycles. The Morgan fingerprint density at radius 3 is 2.16 bits per heavy atom. The Labute approximate surface area is 190 Å². The van der Waals surface area contributed by atoms with Gasteiger partial charge in [0.25, 0.3) is 10.0 Å². The van der Waals surface area contributed by atoms with Gasteiger partial charge in [-0.2, -0.15) is 4.31 Å². The molecule has 1 amide bonds. The highest BCUT2D eigenvalue weighted by Gasteiger charge is 2.31. The van der Waals surface area contributed by atoms with E-state index in [9.17, 15) is 17.6 Å². The van der Waals surface area contributed by atoms with Crippen molar-refractivity contribution in [3.63, 3.8) is 0 Å². The van der Waals surface area contributed by atoms with Crippen molar-refractivity contribution in [1.82, 2.24) is 14.1 Å². The van der Waals surface area contributed by atoms with Gasteiger partial charge in [0.05, 0.1) is 10.9 Å². The van der Waals surface area contributed by atoms with E-state index in [0.29, 0.717) is 56.7 Å². The smallest absolute Gasteiger partial charge is 0.252 e. The molecule has 0 saturated carbocycles. The summed E-state index contributed by atoms with van der Waals surface area (Å²) in [6.07, 6.45) is 0. The fourth-order valence-electron chi connectivity index (χ4n) is 3.85. The molecular formula is C20H24ClFN4O3S2. The number of carbonyl (C=O) groups excluding carboxylic acids is 1. The minimum Gasteiger partial charge on any atom is -0.368 e. The van der Waals surface area contributed by atoms with Gasteiger partial charge < -0.3 is 9.80 Å². The standard InChI is InChI=1S/C20H24ClFN4O3S2/c21-18-5-6-20(30-18)31(28,29)26-13-7-23(8-14-26)15-19(27)25-11-9-24(10-12-25)17-3-1-16(22)2-4-17/h1-6H,7-15H2. The number of piperazine rings is 2. The van der Waals surface area contributed by atoms with Crippen molar-refractivity contribution in [2.45, 2.75) is 4.21 Å². The molecule has 2 fully saturated rings. The molecule has 0 unspecified atom stereocenters. The van der Waals surface area contributed by atoms with Gasteiger partial charge in [-0.3, -0.25) is 9.69 Å². The molecule has 2 aliphatic heterocycles. The number of thiophene rings is 1. The van der Waals surface area contributed by atoms with E-state index in [0.717, 1.165) is 17.0 Å². The van der Waals surface area contributed by atoms with Crippen LogP contribution in [0.2, 0.25) is 4.34 Å². The second-order valence-electron chi connectivity index (χ2n) is 7.58. The van der Waals surface area contributed by atoms with Gasteiger partial charge in [-0.05, 0) is 36.4 Å². The minimum absolute atomic E-state index is 0.0556. The fourth-order valence-corrected chi connectivity index (χ4v) is 6.91. The van der Waals surface area contributed by atoms with Crippen LogP contribution >= 0.6 is 22.9 Å². The van der Waals surface area contributed by atoms with Crippen LogP contribution in [0.1, 0.15) is 0 Å². The van der Waals surface area contributed by atoms with Crippen molar-refractivity contribution in [3.8, 4) is 0 Å². The number of rotatable bonds is 5. The molecule has 0 atom stereocenters. The lowest BCUT2D eigenvalue weighted by molar-refractivity contribution is -0.133. The van der Waals surface area contributed by atoms with Crippen molar-refractivity contribution in [2.24, 2.45) is 0 Å². The van der Waals surface area contributed by atoms with Gasteiger partial charge in [0.1, 0.15) is 10.0 Å². The number of halogens is 2. The number of benzene rings is 1. The Balaban J connectivity index is 1.25. The van der Waals surface area contributed by atoms with E-state index in [1.165, 1.54) is 22.5 Å². The Kier molecular flexibility index (Phi) is 6.83. The lowest BCUT2D eigenvalue weighted by Gasteiger charge is -2.38. The van der Waals surface area contributed by atoms with Crippen LogP contribution in [0.4, 0.5) is 10.1 Å². The normalized spacial score (nSPS) is 19.0. The Morgan fingerprint density at radius 2 is 1.58 bits per heavy atom. The summed E-state index contributed by atoms with van der Waals surface area (Å²) in [6.45, 7) is 4.65. The largest absolute Gasteiger partial charge is 0.368 e. The maximum atomic E-state index is 13.1. The van der Waals surface area contributed by atoms with Gasteiger partial charge in [-0.25, -0.2) is 12.8 Å².